The molecule has 0 saturated carbocycles. The number of fused-ring (bicyclic) bond motifs is 1. The Balaban J connectivity index is 1.97. The Kier molecular flexibility index (Phi) is 3.31. The number of nitrogens with one attached hydrogen (secondary N) is 2. The van der Waals surface area contributed by atoms with Crippen LogP contribution in [0.2, 0.25) is 0 Å². The van der Waals surface area contributed by atoms with Crippen LogP contribution in [0.1, 0.15) is 18.2 Å². The molecule has 0 spiro atoms. The number of nitrogens with zero attached hydrogens (tertiary/aromatic N) is 1. The molecule has 1 aromatic carbocycles. The zero-order valence-electron chi connectivity index (χ0n) is 11.7. The molecule has 0 saturated heterocycles. The van der Waals surface area contributed by atoms with Crippen molar-refractivity contribution in [2.45, 2.75) is 6.92 Å². The number of hydrogen-bond acceptors (Lipinski definition) is 3. The van der Waals surface area contributed by atoms with Crippen molar-refractivity contribution >= 4 is 34.6 Å². The van der Waals surface area contributed by atoms with Gasteiger partial charge >= 0.3 is 0 Å². The molecule has 2 aromatic rings. The lowest BCUT2D eigenvalue weighted by atomic mass is 10.00. The SMILES string of the molecule is CC(=C1C=Nc2ccc(NCC(N)=O)cc21)c1ccc[nH]1. The summed E-state index contributed by atoms with van der Waals surface area (Å²) in [5.74, 6) is -0.384. The summed E-state index contributed by atoms with van der Waals surface area (Å²) in [5, 5.41) is 3.01. The molecule has 1 aliphatic heterocycles. The summed E-state index contributed by atoms with van der Waals surface area (Å²) in [7, 11) is 0. The molecule has 1 aromatic heterocycles. The summed E-state index contributed by atoms with van der Waals surface area (Å²) in [6.07, 6.45) is 3.77. The number of nitrogens with two attached hydrogens (primary N) is 1. The molecule has 0 aliphatic carbocycles. The Morgan fingerprint density at radius 1 is 1.38 bits per heavy atom. The van der Waals surface area contributed by atoms with Crippen molar-refractivity contribution < 1.29 is 4.79 Å². The summed E-state index contributed by atoms with van der Waals surface area (Å²) in [4.78, 5) is 18.5. The second-order valence-electron chi connectivity index (χ2n) is 4.93. The molecule has 0 bridgehead atoms. The number of anilines is 1. The van der Waals surface area contributed by atoms with Crippen LogP contribution >= 0.6 is 0 Å². The normalized spacial score (nSPS) is 14.9. The molecule has 1 amide bonds. The molecule has 2 heterocycles. The number of aromatic nitrogens is 1. The fraction of sp³-hybridized carbons (Fsp3) is 0.125. The van der Waals surface area contributed by atoms with Crippen molar-refractivity contribution in [3.05, 3.63) is 47.8 Å². The van der Waals surface area contributed by atoms with Gasteiger partial charge in [0.25, 0.3) is 0 Å². The van der Waals surface area contributed by atoms with Crippen LogP contribution in [0.4, 0.5) is 11.4 Å². The van der Waals surface area contributed by atoms with E-state index in [1.807, 2.05) is 42.7 Å². The number of carbonyl (C=O) groups excluding carboxylic acids is 1. The van der Waals surface area contributed by atoms with E-state index in [1.54, 1.807) is 0 Å². The first-order valence-electron chi connectivity index (χ1n) is 6.70. The maximum Gasteiger partial charge on any atom is 0.236 e. The highest BCUT2D eigenvalue weighted by Crippen LogP contribution is 2.37. The lowest BCUT2D eigenvalue weighted by Gasteiger charge is -2.08. The van der Waals surface area contributed by atoms with Crippen LogP contribution in [-0.4, -0.2) is 23.7 Å². The van der Waals surface area contributed by atoms with E-state index in [1.165, 1.54) is 0 Å². The topological polar surface area (TPSA) is 83.3 Å². The van der Waals surface area contributed by atoms with Crippen molar-refractivity contribution in [3.8, 4) is 0 Å². The first-order valence-corrected chi connectivity index (χ1v) is 6.70. The summed E-state index contributed by atoms with van der Waals surface area (Å²) in [5.41, 5.74) is 11.3. The molecule has 21 heavy (non-hydrogen) atoms. The van der Waals surface area contributed by atoms with Gasteiger partial charge in [-0.1, -0.05) is 0 Å². The Morgan fingerprint density at radius 2 is 2.24 bits per heavy atom. The van der Waals surface area contributed by atoms with Crippen molar-refractivity contribution in [1.82, 2.24) is 4.98 Å². The highest BCUT2D eigenvalue weighted by atomic mass is 16.1. The molecule has 5 nitrogen and oxygen atoms in total. The molecule has 3 rings (SSSR count). The van der Waals surface area contributed by atoms with Crippen LogP contribution in [0.5, 0.6) is 0 Å². The van der Waals surface area contributed by atoms with Gasteiger partial charge in [-0.2, -0.15) is 0 Å². The second-order valence-corrected chi connectivity index (χ2v) is 4.93. The van der Waals surface area contributed by atoms with Crippen molar-refractivity contribution in [3.63, 3.8) is 0 Å². The molecule has 5 heteroatoms. The number of primary amides is 1. The fourth-order valence-corrected chi connectivity index (χ4v) is 2.37. The Hall–Kier alpha value is -2.82. The molecule has 1 aliphatic rings. The second kappa shape index (κ2) is 5.28. The Labute approximate surface area is 122 Å². The first-order chi connectivity index (χ1) is 10.1. The average Bonchev–Trinajstić information content (AvgIpc) is 3.13. The van der Waals surface area contributed by atoms with E-state index in [-0.39, 0.29) is 12.5 Å². The van der Waals surface area contributed by atoms with E-state index >= 15 is 0 Å². The van der Waals surface area contributed by atoms with Gasteiger partial charge in [-0.05, 0) is 42.8 Å². The van der Waals surface area contributed by atoms with Gasteiger partial charge in [-0.25, -0.2) is 0 Å². The third-order valence-corrected chi connectivity index (χ3v) is 3.49. The van der Waals surface area contributed by atoms with Crippen molar-refractivity contribution in [1.29, 1.82) is 0 Å². The highest BCUT2D eigenvalue weighted by molar-refractivity contribution is 6.24. The standard InChI is InChI=1S/C16H16N4O/c1-10(14-3-2-6-18-14)13-8-20-15-5-4-11(7-12(13)15)19-9-16(17)21/h2-8,18-19H,9H2,1H3,(H2,17,21). The van der Waals surface area contributed by atoms with Crippen molar-refractivity contribution in [2.24, 2.45) is 10.7 Å². The zero-order chi connectivity index (χ0) is 14.8. The fourth-order valence-electron chi connectivity index (χ4n) is 2.37. The molecule has 0 radical (unpaired) electrons. The maximum absolute atomic E-state index is 10.9. The number of benzene rings is 1. The summed E-state index contributed by atoms with van der Waals surface area (Å²) in [6.45, 7) is 2.18. The predicted octanol–water partition coefficient (Wildman–Crippen LogP) is 2.56. The van der Waals surface area contributed by atoms with Gasteiger partial charge in [0.1, 0.15) is 0 Å². The van der Waals surface area contributed by atoms with Crippen LogP contribution < -0.4 is 11.1 Å². The van der Waals surface area contributed by atoms with E-state index in [0.29, 0.717) is 0 Å². The van der Waals surface area contributed by atoms with Crippen molar-refractivity contribution in [2.75, 3.05) is 11.9 Å². The number of allylic oxidation sites excluding steroid dienone is 2. The molecule has 4 N–H and O–H groups in total. The van der Waals surface area contributed by atoms with Gasteiger partial charge in [0.2, 0.25) is 5.91 Å². The summed E-state index contributed by atoms with van der Waals surface area (Å²) >= 11 is 0. The minimum atomic E-state index is -0.384. The van der Waals surface area contributed by atoms with Gasteiger partial charge < -0.3 is 16.0 Å². The minimum absolute atomic E-state index is 0.119. The number of hydrogen-bond donors (Lipinski definition) is 3. The zero-order valence-corrected chi connectivity index (χ0v) is 11.7. The smallest absolute Gasteiger partial charge is 0.236 e. The number of aliphatic imine (C=N–C) groups is 1. The van der Waals surface area contributed by atoms with Gasteiger partial charge in [0, 0.05) is 34.9 Å². The largest absolute Gasteiger partial charge is 0.376 e. The minimum Gasteiger partial charge on any atom is -0.376 e. The lowest BCUT2D eigenvalue weighted by Crippen LogP contribution is -2.21. The predicted molar refractivity (Wildman–Crippen MR) is 85.6 cm³/mol. The molecular weight excluding hydrogens is 264 g/mol. The third kappa shape index (κ3) is 2.58. The van der Waals surface area contributed by atoms with Gasteiger partial charge in [0.05, 0.1) is 12.2 Å². The maximum atomic E-state index is 10.9. The molecule has 0 unspecified atom stereocenters. The van der Waals surface area contributed by atoms with Gasteiger partial charge in [-0.15, -0.1) is 0 Å². The number of aromatic amines is 1. The van der Waals surface area contributed by atoms with Crippen LogP contribution in [-0.2, 0) is 4.79 Å². The van der Waals surface area contributed by atoms with Crippen LogP contribution in [0.25, 0.3) is 11.1 Å². The molecule has 0 fully saturated rings. The van der Waals surface area contributed by atoms with E-state index in [2.05, 4.69) is 22.2 Å². The lowest BCUT2D eigenvalue weighted by molar-refractivity contribution is -0.116. The van der Waals surface area contributed by atoms with Gasteiger partial charge in [-0.3, -0.25) is 9.79 Å². The number of rotatable bonds is 4. The first kappa shape index (κ1) is 13.2. The number of amides is 1. The van der Waals surface area contributed by atoms with E-state index in [9.17, 15) is 4.79 Å². The quantitative estimate of drug-likeness (QED) is 0.804. The Morgan fingerprint density at radius 3 is 2.95 bits per heavy atom. The summed E-state index contributed by atoms with van der Waals surface area (Å²) < 4.78 is 0. The monoisotopic (exact) mass is 280 g/mol. The van der Waals surface area contributed by atoms with E-state index in [4.69, 9.17) is 5.73 Å². The molecular formula is C16H16N4O. The molecule has 0 atom stereocenters. The van der Waals surface area contributed by atoms with Crippen LogP contribution in [0, 0.1) is 0 Å². The Bertz CT molecular complexity index is 742. The van der Waals surface area contributed by atoms with Crippen LogP contribution in [0.3, 0.4) is 0 Å². The highest BCUT2D eigenvalue weighted by Gasteiger charge is 2.16. The number of H-pyrrole nitrogens is 1. The van der Waals surface area contributed by atoms with E-state index < -0.39 is 0 Å². The van der Waals surface area contributed by atoms with Crippen LogP contribution in [0.15, 0.2) is 41.5 Å². The third-order valence-electron chi connectivity index (χ3n) is 3.49. The van der Waals surface area contributed by atoms with Gasteiger partial charge in [0.15, 0.2) is 0 Å². The van der Waals surface area contributed by atoms with E-state index in [0.717, 1.165) is 33.8 Å². The summed E-state index contributed by atoms with van der Waals surface area (Å²) in [6, 6.07) is 9.82. The molecule has 106 valence electrons. The number of carbonyl (C=O) groups is 1. The average molecular weight is 280 g/mol.